The van der Waals surface area contributed by atoms with Crippen LogP contribution in [0.4, 0.5) is 13.2 Å². The van der Waals surface area contributed by atoms with Gasteiger partial charge < -0.3 is 15.1 Å². The van der Waals surface area contributed by atoms with E-state index in [1.165, 1.54) is 0 Å². The van der Waals surface area contributed by atoms with Crippen molar-refractivity contribution in [3.8, 4) is 0 Å². The molecule has 1 N–H and O–H groups in total. The summed E-state index contributed by atoms with van der Waals surface area (Å²) in [6.07, 6.45) is -4.17. The van der Waals surface area contributed by atoms with E-state index in [9.17, 15) is 27.6 Å². The number of hydrogen-bond donors (Lipinski definition) is 1. The lowest BCUT2D eigenvalue weighted by atomic mass is 10.0. The number of carbonyl (C=O) groups excluding carboxylic acids is 3. The second-order valence-electron chi connectivity index (χ2n) is 7.65. The number of nitrogens with one attached hydrogen (secondary N) is 1. The summed E-state index contributed by atoms with van der Waals surface area (Å²) in [7, 11) is 0. The number of rotatable bonds is 2. The van der Waals surface area contributed by atoms with Crippen molar-refractivity contribution in [2.24, 2.45) is 5.92 Å². The van der Waals surface area contributed by atoms with Gasteiger partial charge in [0.05, 0.1) is 5.92 Å². The predicted molar refractivity (Wildman–Crippen MR) is 83.4 cm³/mol. The Morgan fingerprint density at radius 3 is 2.12 bits per heavy atom. The van der Waals surface area contributed by atoms with Crippen LogP contribution in [0.2, 0.25) is 0 Å². The molecule has 2 aliphatic rings. The molecule has 25 heavy (non-hydrogen) atoms. The first-order valence-corrected chi connectivity index (χ1v) is 8.36. The number of alkyl halides is 3. The van der Waals surface area contributed by atoms with Gasteiger partial charge in [-0.2, -0.15) is 13.2 Å². The zero-order valence-corrected chi connectivity index (χ0v) is 14.7. The summed E-state index contributed by atoms with van der Waals surface area (Å²) in [5, 5.41) is 2.81. The number of nitrogens with zero attached hydrogens (tertiary/aromatic N) is 2. The molecule has 6 nitrogen and oxygen atoms in total. The molecule has 2 heterocycles. The first-order valence-electron chi connectivity index (χ1n) is 8.36. The van der Waals surface area contributed by atoms with Crippen LogP contribution in [0.3, 0.4) is 0 Å². The normalized spacial score (nSPS) is 23.1. The van der Waals surface area contributed by atoms with Crippen LogP contribution in [0.25, 0.3) is 0 Å². The number of carbonyl (C=O) groups is 3. The van der Waals surface area contributed by atoms with E-state index in [1.54, 1.807) is 4.90 Å². The van der Waals surface area contributed by atoms with Crippen molar-refractivity contribution < 1.29 is 27.6 Å². The number of amides is 3. The highest BCUT2D eigenvalue weighted by atomic mass is 19.4. The van der Waals surface area contributed by atoms with E-state index in [0.717, 1.165) is 4.90 Å². The zero-order valence-electron chi connectivity index (χ0n) is 14.7. The monoisotopic (exact) mass is 363 g/mol. The van der Waals surface area contributed by atoms with Gasteiger partial charge in [0.15, 0.2) is 0 Å². The summed E-state index contributed by atoms with van der Waals surface area (Å²) in [5.41, 5.74) is -0.352. The average molecular weight is 363 g/mol. The molecule has 1 atom stereocenters. The summed E-state index contributed by atoms with van der Waals surface area (Å²) in [5.74, 6) is -2.60. The Balaban J connectivity index is 1.84. The lowest BCUT2D eigenvalue weighted by molar-refractivity contribution is -0.186. The van der Waals surface area contributed by atoms with E-state index in [2.05, 4.69) is 5.32 Å². The molecule has 0 aromatic rings. The second-order valence-corrected chi connectivity index (χ2v) is 7.65. The Kier molecular flexibility index (Phi) is 5.34. The van der Waals surface area contributed by atoms with Crippen LogP contribution in [-0.4, -0.2) is 64.9 Å². The van der Waals surface area contributed by atoms with E-state index in [0.29, 0.717) is 6.54 Å². The van der Waals surface area contributed by atoms with Crippen LogP contribution in [0.1, 0.15) is 40.0 Å². The molecule has 0 spiro atoms. The third-order valence-corrected chi connectivity index (χ3v) is 4.68. The number of piperidine rings is 1. The lowest BCUT2D eigenvalue weighted by Crippen LogP contribution is -2.51. The van der Waals surface area contributed by atoms with E-state index < -0.39 is 18.0 Å². The largest absolute Gasteiger partial charge is 0.471 e. The molecule has 0 aromatic heterocycles. The molecule has 0 radical (unpaired) electrons. The van der Waals surface area contributed by atoms with Gasteiger partial charge >= 0.3 is 12.1 Å². The standard InChI is InChI=1S/C16H24F3N3O3/c1-15(2,3)22-9-10(8-12(22)23)13(24)20-11-4-6-21(7-5-11)14(25)16(17,18)19/h10-11H,4-9H2,1-3H3,(H,20,24). The Labute approximate surface area is 144 Å². The van der Waals surface area contributed by atoms with Gasteiger partial charge in [0.25, 0.3) is 0 Å². The maximum atomic E-state index is 12.4. The second kappa shape index (κ2) is 6.84. The molecule has 2 saturated heterocycles. The highest BCUT2D eigenvalue weighted by Crippen LogP contribution is 2.26. The van der Waals surface area contributed by atoms with Crippen molar-refractivity contribution in [2.75, 3.05) is 19.6 Å². The maximum Gasteiger partial charge on any atom is 0.471 e. The van der Waals surface area contributed by atoms with Gasteiger partial charge in [-0.25, -0.2) is 0 Å². The van der Waals surface area contributed by atoms with Crippen molar-refractivity contribution in [1.82, 2.24) is 15.1 Å². The molecule has 0 saturated carbocycles. The molecule has 2 aliphatic heterocycles. The van der Waals surface area contributed by atoms with Crippen molar-refractivity contribution in [1.29, 1.82) is 0 Å². The molecule has 3 amide bonds. The average Bonchev–Trinajstić information content (AvgIpc) is 2.88. The summed E-state index contributed by atoms with van der Waals surface area (Å²) in [4.78, 5) is 38.0. The molecule has 2 fully saturated rings. The van der Waals surface area contributed by atoms with Crippen LogP contribution in [0.5, 0.6) is 0 Å². The van der Waals surface area contributed by atoms with Gasteiger partial charge in [-0.3, -0.25) is 14.4 Å². The van der Waals surface area contributed by atoms with E-state index >= 15 is 0 Å². The molecule has 0 aromatic carbocycles. The predicted octanol–water partition coefficient (Wildman–Crippen LogP) is 1.30. The Morgan fingerprint density at radius 2 is 1.68 bits per heavy atom. The number of halogens is 3. The van der Waals surface area contributed by atoms with E-state index in [-0.39, 0.29) is 55.7 Å². The molecule has 142 valence electrons. The van der Waals surface area contributed by atoms with Gasteiger partial charge in [-0.1, -0.05) is 0 Å². The van der Waals surface area contributed by atoms with Gasteiger partial charge in [0.2, 0.25) is 11.8 Å². The third-order valence-electron chi connectivity index (χ3n) is 4.68. The highest BCUT2D eigenvalue weighted by molar-refractivity contribution is 5.89. The quantitative estimate of drug-likeness (QED) is 0.804. The van der Waals surface area contributed by atoms with Gasteiger partial charge in [0.1, 0.15) is 0 Å². The summed E-state index contributed by atoms with van der Waals surface area (Å²) >= 11 is 0. The third kappa shape index (κ3) is 4.64. The van der Waals surface area contributed by atoms with Crippen molar-refractivity contribution in [3.63, 3.8) is 0 Å². The molecule has 1 unspecified atom stereocenters. The minimum atomic E-state index is -4.86. The van der Waals surface area contributed by atoms with Crippen LogP contribution in [0.15, 0.2) is 0 Å². The Bertz CT molecular complexity index is 549. The fourth-order valence-corrected chi connectivity index (χ4v) is 3.26. The molecular formula is C16H24F3N3O3. The Morgan fingerprint density at radius 1 is 1.12 bits per heavy atom. The molecular weight excluding hydrogens is 339 g/mol. The summed E-state index contributed by atoms with van der Waals surface area (Å²) < 4.78 is 37.3. The molecule has 0 aliphatic carbocycles. The van der Waals surface area contributed by atoms with Crippen LogP contribution in [-0.2, 0) is 14.4 Å². The molecule has 0 bridgehead atoms. The summed E-state index contributed by atoms with van der Waals surface area (Å²) in [6, 6.07) is -0.274. The topological polar surface area (TPSA) is 69.7 Å². The maximum absolute atomic E-state index is 12.4. The number of hydrogen-bond acceptors (Lipinski definition) is 3. The van der Waals surface area contributed by atoms with Crippen LogP contribution < -0.4 is 5.32 Å². The summed E-state index contributed by atoms with van der Waals surface area (Å²) in [6.45, 7) is 5.97. The van der Waals surface area contributed by atoms with Crippen molar-refractivity contribution in [3.05, 3.63) is 0 Å². The van der Waals surface area contributed by atoms with Gasteiger partial charge in [-0.15, -0.1) is 0 Å². The van der Waals surface area contributed by atoms with Gasteiger partial charge in [0, 0.05) is 37.6 Å². The zero-order chi connectivity index (χ0) is 19.0. The van der Waals surface area contributed by atoms with Crippen LogP contribution in [0, 0.1) is 5.92 Å². The molecule has 2 rings (SSSR count). The fourth-order valence-electron chi connectivity index (χ4n) is 3.26. The minimum absolute atomic E-state index is 0.0407. The van der Waals surface area contributed by atoms with E-state index in [4.69, 9.17) is 0 Å². The van der Waals surface area contributed by atoms with Crippen molar-refractivity contribution >= 4 is 17.7 Å². The first-order chi connectivity index (χ1) is 11.4. The van der Waals surface area contributed by atoms with E-state index in [1.807, 2.05) is 20.8 Å². The molecule has 9 heteroatoms. The smallest absolute Gasteiger partial charge is 0.353 e. The van der Waals surface area contributed by atoms with Crippen LogP contribution >= 0.6 is 0 Å². The fraction of sp³-hybridized carbons (Fsp3) is 0.812. The highest BCUT2D eigenvalue weighted by Gasteiger charge is 2.44. The lowest BCUT2D eigenvalue weighted by Gasteiger charge is -2.33. The van der Waals surface area contributed by atoms with Crippen molar-refractivity contribution in [2.45, 2.75) is 57.8 Å². The number of likely N-dealkylation sites (tertiary alicyclic amines) is 2. The first kappa shape index (κ1) is 19.5. The van der Waals surface area contributed by atoms with Gasteiger partial charge in [-0.05, 0) is 33.6 Å². The minimum Gasteiger partial charge on any atom is -0.353 e. The Hall–Kier alpha value is -1.80. The SMILES string of the molecule is CC(C)(C)N1CC(C(=O)NC2CCN(C(=O)C(F)(F)F)CC2)CC1=O.